The number of aromatic amines is 1. The van der Waals surface area contributed by atoms with Gasteiger partial charge in [-0.2, -0.15) is 0 Å². The van der Waals surface area contributed by atoms with E-state index in [0.29, 0.717) is 5.95 Å². The fourth-order valence-electron chi connectivity index (χ4n) is 3.83. The second-order valence-corrected chi connectivity index (χ2v) is 7.57. The molecule has 0 aliphatic carbocycles. The third kappa shape index (κ3) is 4.14. The standard InChI is InChI=1S/C22H24N8/c1-15-10-16(13-30-8-6-23-7-9-30)11-21(26-15)29-22-27-19-3-2-17(12-20(19)28-22)18-4-5-24-14-25-18/h2-5,10-12,14,23H,6-9,13H2,1H3,(H2,26,27,28,29). The summed E-state index contributed by atoms with van der Waals surface area (Å²) in [5.41, 5.74) is 5.99. The van der Waals surface area contributed by atoms with Gasteiger partial charge in [0.15, 0.2) is 0 Å². The van der Waals surface area contributed by atoms with Gasteiger partial charge in [0.2, 0.25) is 5.95 Å². The summed E-state index contributed by atoms with van der Waals surface area (Å²) in [4.78, 5) is 23.4. The van der Waals surface area contributed by atoms with Crippen LogP contribution in [-0.2, 0) is 6.54 Å². The first-order valence-corrected chi connectivity index (χ1v) is 10.2. The molecule has 152 valence electrons. The van der Waals surface area contributed by atoms with Gasteiger partial charge in [-0.25, -0.2) is 19.9 Å². The highest BCUT2D eigenvalue weighted by atomic mass is 15.2. The van der Waals surface area contributed by atoms with Crippen molar-refractivity contribution < 1.29 is 0 Å². The predicted octanol–water partition coefficient (Wildman–Crippen LogP) is 2.87. The summed E-state index contributed by atoms with van der Waals surface area (Å²) in [5.74, 6) is 1.48. The lowest BCUT2D eigenvalue weighted by molar-refractivity contribution is 0.233. The van der Waals surface area contributed by atoms with E-state index in [0.717, 1.165) is 66.5 Å². The van der Waals surface area contributed by atoms with Crippen molar-refractivity contribution in [1.29, 1.82) is 0 Å². The molecule has 1 aliphatic rings. The number of rotatable bonds is 5. The zero-order valence-electron chi connectivity index (χ0n) is 16.9. The highest BCUT2D eigenvalue weighted by Gasteiger charge is 2.12. The number of anilines is 2. The zero-order chi connectivity index (χ0) is 20.3. The molecule has 4 heterocycles. The molecule has 0 unspecified atom stereocenters. The lowest BCUT2D eigenvalue weighted by Gasteiger charge is -2.27. The fourth-order valence-corrected chi connectivity index (χ4v) is 3.83. The first-order valence-electron chi connectivity index (χ1n) is 10.2. The largest absolute Gasteiger partial charge is 0.324 e. The molecular weight excluding hydrogens is 376 g/mol. The van der Waals surface area contributed by atoms with Crippen LogP contribution in [0.5, 0.6) is 0 Å². The van der Waals surface area contributed by atoms with Crippen LogP contribution >= 0.6 is 0 Å². The topological polar surface area (TPSA) is 94.6 Å². The lowest BCUT2D eigenvalue weighted by atomic mass is 10.1. The second kappa shape index (κ2) is 8.17. The molecule has 0 spiro atoms. The minimum absolute atomic E-state index is 0.677. The molecule has 0 bridgehead atoms. The number of aromatic nitrogens is 5. The molecule has 1 fully saturated rings. The molecule has 1 aromatic carbocycles. The number of imidazole rings is 1. The number of nitrogens with zero attached hydrogens (tertiary/aromatic N) is 5. The van der Waals surface area contributed by atoms with Crippen LogP contribution in [0.3, 0.4) is 0 Å². The summed E-state index contributed by atoms with van der Waals surface area (Å²) in [7, 11) is 0. The number of aryl methyl sites for hydroxylation is 1. The Morgan fingerprint density at radius 3 is 2.80 bits per heavy atom. The average molecular weight is 400 g/mol. The highest BCUT2D eigenvalue weighted by molar-refractivity contribution is 5.83. The van der Waals surface area contributed by atoms with Gasteiger partial charge in [0.25, 0.3) is 0 Å². The van der Waals surface area contributed by atoms with E-state index in [1.165, 1.54) is 5.56 Å². The first-order chi connectivity index (χ1) is 14.7. The minimum atomic E-state index is 0.677. The van der Waals surface area contributed by atoms with Crippen molar-refractivity contribution in [1.82, 2.24) is 35.1 Å². The maximum Gasteiger partial charge on any atom is 0.206 e. The van der Waals surface area contributed by atoms with Crippen molar-refractivity contribution in [2.45, 2.75) is 13.5 Å². The first kappa shape index (κ1) is 18.7. The SMILES string of the molecule is Cc1cc(CN2CCNCC2)cc(Nc2nc3ccc(-c4ccncn4)cc3[nH]2)n1. The summed E-state index contributed by atoms with van der Waals surface area (Å²) in [6.07, 6.45) is 3.30. The quantitative estimate of drug-likeness (QED) is 0.474. The van der Waals surface area contributed by atoms with Gasteiger partial charge in [0.1, 0.15) is 12.1 Å². The number of benzene rings is 1. The van der Waals surface area contributed by atoms with Crippen LogP contribution < -0.4 is 10.6 Å². The number of pyridine rings is 1. The van der Waals surface area contributed by atoms with Gasteiger partial charge in [-0.1, -0.05) is 6.07 Å². The van der Waals surface area contributed by atoms with Crippen molar-refractivity contribution in [3.05, 3.63) is 60.2 Å². The maximum atomic E-state index is 4.66. The van der Waals surface area contributed by atoms with E-state index in [2.05, 4.69) is 58.7 Å². The normalized spacial score (nSPS) is 14.8. The van der Waals surface area contributed by atoms with Crippen LogP contribution in [-0.4, -0.2) is 56.0 Å². The van der Waals surface area contributed by atoms with Crippen LogP contribution in [0.15, 0.2) is 48.9 Å². The zero-order valence-corrected chi connectivity index (χ0v) is 16.9. The van der Waals surface area contributed by atoms with E-state index in [1.54, 1.807) is 12.5 Å². The number of piperazine rings is 1. The van der Waals surface area contributed by atoms with E-state index < -0.39 is 0 Å². The summed E-state index contributed by atoms with van der Waals surface area (Å²) in [6.45, 7) is 7.20. The molecular formula is C22H24N8. The Balaban J connectivity index is 1.37. The Kier molecular flexibility index (Phi) is 5.08. The Labute approximate surface area is 174 Å². The van der Waals surface area contributed by atoms with Crippen molar-refractivity contribution >= 4 is 22.8 Å². The predicted molar refractivity (Wildman–Crippen MR) is 118 cm³/mol. The Morgan fingerprint density at radius 2 is 1.97 bits per heavy atom. The van der Waals surface area contributed by atoms with Gasteiger partial charge in [-0.05, 0) is 42.8 Å². The Hall–Kier alpha value is -3.36. The lowest BCUT2D eigenvalue weighted by Crippen LogP contribution is -2.42. The van der Waals surface area contributed by atoms with Crippen molar-refractivity contribution in [2.24, 2.45) is 0 Å². The van der Waals surface area contributed by atoms with Gasteiger partial charge in [-0.3, -0.25) is 4.90 Å². The summed E-state index contributed by atoms with van der Waals surface area (Å²) in [6, 6.07) is 12.2. The second-order valence-electron chi connectivity index (χ2n) is 7.57. The number of H-pyrrole nitrogens is 1. The van der Waals surface area contributed by atoms with Crippen LogP contribution in [0.4, 0.5) is 11.8 Å². The van der Waals surface area contributed by atoms with E-state index in [-0.39, 0.29) is 0 Å². The van der Waals surface area contributed by atoms with Crippen molar-refractivity contribution in [3.63, 3.8) is 0 Å². The number of hydrogen-bond acceptors (Lipinski definition) is 7. The summed E-state index contributed by atoms with van der Waals surface area (Å²) < 4.78 is 0. The molecule has 8 nitrogen and oxygen atoms in total. The third-order valence-corrected chi connectivity index (χ3v) is 5.24. The van der Waals surface area contributed by atoms with Gasteiger partial charge < -0.3 is 15.6 Å². The van der Waals surface area contributed by atoms with E-state index in [1.807, 2.05) is 25.1 Å². The highest BCUT2D eigenvalue weighted by Crippen LogP contribution is 2.24. The molecule has 8 heteroatoms. The number of hydrogen-bond donors (Lipinski definition) is 3. The van der Waals surface area contributed by atoms with Gasteiger partial charge in [0.05, 0.1) is 16.7 Å². The molecule has 4 aromatic rings. The van der Waals surface area contributed by atoms with Crippen molar-refractivity contribution in [3.8, 4) is 11.3 Å². The van der Waals surface area contributed by atoms with E-state index in [4.69, 9.17) is 0 Å². The van der Waals surface area contributed by atoms with Crippen LogP contribution in [0, 0.1) is 6.92 Å². The monoisotopic (exact) mass is 400 g/mol. The Bertz CT molecular complexity index is 1150. The van der Waals surface area contributed by atoms with E-state index in [9.17, 15) is 0 Å². The average Bonchev–Trinajstić information content (AvgIpc) is 3.16. The van der Waals surface area contributed by atoms with Crippen LogP contribution in [0.25, 0.3) is 22.3 Å². The fraction of sp³-hybridized carbons (Fsp3) is 0.273. The molecule has 3 aromatic heterocycles. The molecule has 5 rings (SSSR count). The van der Waals surface area contributed by atoms with Gasteiger partial charge in [0, 0.05) is 50.2 Å². The molecule has 1 aliphatic heterocycles. The minimum Gasteiger partial charge on any atom is -0.324 e. The molecule has 0 saturated carbocycles. The maximum absolute atomic E-state index is 4.66. The van der Waals surface area contributed by atoms with Gasteiger partial charge >= 0.3 is 0 Å². The molecule has 0 atom stereocenters. The van der Waals surface area contributed by atoms with Crippen LogP contribution in [0.1, 0.15) is 11.3 Å². The smallest absolute Gasteiger partial charge is 0.206 e. The Morgan fingerprint density at radius 1 is 1.07 bits per heavy atom. The summed E-state index contributed by atoms with van der Waals surface area (Å²) in [5, 5.41) is 6.73. The van der Waals surface area contributed by atoms with Gasteiger partial charge in [-0.15, -0.1) is 0 Å². The number of fused-ring (bicyclic) bond motifs is 1. The van der Waals surface area contributed by atoms with E-state index >= 15 is 0 Å². The van der Waals surface area contributed by atoms with Crippen LogP contribution in [0.2, 0.25) is 0 Å². The molecule has 0 amide bonds. The summed E-state index contributed by atoms with van der Waals surface area (Å²) >= 11 is 0. The van der Waals surface area contributed by atoms with Crippen molar-refractivity contribution in [2.75, 3.05) is 31.5 Å². The number of nitrogens with one attached hydrogen (secondary N) is 3. The third-order valence-electron chi connectivity index (χ3n) is 5.24. The molecule has 3 N–H and O–H groups in total. The molecule has 1 saturated heterocycles. The molecule has 0 radical (unpaired) electrons. The molecule has 30 heavy (non-hydrogen) atoms.